The van der Waals surface area contributed by atoms with Crippen molar-refractivity contribution in [3.63, 3.8) is 0 Å². The second kappa shape index (κ2) is 7.51. The van der Waals surface area contributed by atoms with Crippen LogP contribution in [0.4, 0.5) is 11.4 Å². The number of methoxy groups -OCH3 is 1. The van der Waals surface area contributed by atoms with Crippen LogP contribution in [0.3, 0.4) is 0 Å². The molecule has 0 unspecified atom stereocenters. The quantitative estimate of drug-likeness (QED) is 0.804. The lowest BCUT2D eigenvalue weighted by molar-refractivity contribution is 0.102. The number of rotatable bonds is 4. The largest absolute Gasteiger partial charge is 0.481 e. The summed E-state index contributed by atoms with van der Waals surface area (Å²) in [5, 5.41) is 2.74. The van der Waals surface area contributed by atoms with Crippen LogP contribution in [0.5, 0.6) is 5.88 Å². The second-order valence-electron chi connectivity index (χ2n) is 5.79. The van der Waals surface area contributed by atoms with E-state index in [4.69, 9.17) is 16.3 Å². The molecule has 26 heavy (non-hydrogen) atoms. The minimum absolute atomic E-state index is 0.0246. The molecule has 1 fully saturated rings. The van der Waals surface area contributed by atoms with E-state index in [9.17, 15) is 13.2 Å². The maximum absolute atomic E-state index is 12.4. The fourth-order valence-corrected chi connectivity index (χ4v) is 4.58. The highest BCUT2D eigenvalue weighted by Crippen LogP contribution is 2.26. The zero-order valence-corrected chi connectivity index (χ0v) is 15.7. The summed E-state index contributed by atoms with van der Waals surface area (Å²) >= 11 is 6.02. The normalized spacial score (nSPS) is 16.2. The standard InChI is InChI=1S/C17H18ClN3O4S/c1-25-15-8-7-14(16(18)20-15)17(22)19-12-5-4-6-13(11-12)21-9-2-3-10-26(21,23)24/h4-8,11H,2-3,9-10H2,1H3,(H,19,22). The highest BCUT2D eigenvalue weighted by Gasteiger charge is 2.26. The van der Waals surface area contributed by atoms with Crippen LogP contribution in [0.1, 0.15) is 23.2 Å². The average molecular weight is 396 g/mol. The van der Waals surface area contributed by atoms with Gasteiger partial charge in [-0.15, -0.1) is 0 Å². The fraction of sp³-hybridized carbons (Fsp3) is 0.294. The van der Waals surface area contributed by atoms with E-state index < -0.39 is 15.9 Å². The smallest absolute Gasteiger partial charge is 0.258 e. The van der Waals surface area contributed by atoms with Crippen molar-refractivity contribution in [3.05, 3.63) is 47.1 Å². The topological polar surface area (TPSA) is 88.6 Å². The summed E-state index contributed by atoms with van der Waals surface area (Å²) in [7, 11) is -1.86. The molecule has 0 saturated carbocycles. The van der Waals surface area contributed by atoms with Crippen LogP contribution in [-0.4, -0.2) is 38.7 Å². The molecule has 1 N–H and O–H groups in total. The molecule has 0 aliphatic carbocycles. The molecule has 0 spiro atoms. The van der Waals surface area contributed by atoms with Gasteiger partial charge in [0.25, 0.3) is 5.91 Å². The van der Waals surface area contributed by atoms with Crippen LogP contribution in [0.15, 0.2) is 36.4 Å². The monoisotopic (exact) mass is 395 g/mol. The van der Waals surface area contributed by atoms with E-state index in [1.165, 1.54) is 23.5 Å². The molecule has 7 nitrogen and oxygen atoms in total. The summed E-state index contributed by atoms with van der Waals surface area (Å²) in [5.41, 5.74) is 1.20. The molecule has 0 radical (unpaired) electrons. The van der Waals surface area contributed by atoms with Crippen LogP contribution in [-0.2, 0) is 10.0 Å². The number of benzene rings is 1. The molecule has 1 amide bonds. The highest BCUT2D eigenvalue weighted by molar-refractivity contribution is 7.92. The Bertz CT molecular complexity index is 933. The Morgan fingerprint density at radius 3 is 2.77 bits per heavy atom. The van der Waals surface area contributed by atoms with Crippen molar-refractivity contribution in [2.45, 2.75) is 12.8 Å². The Balaban J connectivity index is 1.82. The average Bonchev–Trinajstić information content (AvgIpc) is 2.61. The van der Waals surface area contributed by atoms with E-state index in [1.807, 2.05) is 0 Å². The van der Waals surface area contributed by atoms with Crippen LogP contribution in [0.25, 0.3) is 0 Å². The van der Waals surface area contributed by atoms with Crippen molar-refractivity contribution in [2.24, 2.45) is 0 Å². The van der Waals surface area contributed by atoms with Gasteiger partial charge in [0.15, 0.2) is 0 Å². The molecule has 1 aliphatic rings. The maximum atomic E-state index is 12.4. The van der Waals surface area contributed by atoms with Crippen LogP contribution < -0.4 is 14.4 Å². The molecule has 1 aromatic heterocycles. The van der Waals surface area contributed by atoms with Gasteiger partial charge in [0, 0.05) is 18.3 Å². The van der Waals surface area contributed by atoms with Gasteiger partial charge in [0.2, 0.25) is 15.9 Å². The van der Waals surface area contributed by atoms with Gasteiger partial charge in [0.1, 0.15) is 5.15 Å². The molecule has 1 saturated heterocycles. The van der Waals surface area contributed by atoms with Crippen molar-refractivity contribution in [2.75, 3.05) is 29.0 Å². The third kappa shape index (κ3) is 3.91. The van der Waals surface area contributed by atoms with Gasteiger partial charge < -0.3 is 10.1 Å². The minimum atomic E-state index is -3.31. The number of nitrogens with one attached hydrogen (secondary N) is 1. The van der Waals surface area contributed by atoms with Crippen molar-refractivity contribution in [1.29, 1.82) is 0 Å². The zero-order chi connectivity index (χ0) is 18.7. The summed E-state index contributed by atoms with van der Waals surface area (Å²) in [4.78, 5) is 16.4. The molecule has 0 bridgehead atoms. The highest BCUT2D eigenvalue weighted by atomic mass is 35.5. The van der Waals surface area contributed by atoms with E-state index in [1.54, 1.807) is 24.3 Å². The Labute approximate surface area is 157 Å². The Kier molecular flexibility index (Phi) is 5.33. The predicted octanol–water partition coefficient (Wildman–Crippen LogP) is 2.93. The number of carbonyl (C=O) groups excluding carboxylic acids is 1. The van der Waals surface area contributed by atoms with Gasteiger partial charge in [0.05, 0.1) is 24.1 Å². The van der Waals surface area contributed by atoms with Crippen molar-refractivity contribution in [1.82, 2.24) is 4.98 Å². The van der Waals surface area contributed by atoms with Crippen molar-refractivity contribution >= 4 is 38.9 Å². The van der Waals surface area contributed by atoms with E-state index in [-0.39, 0.29) is 16.5 Å². The number of pyridine rings is 1. The lowest BCUT2D eigenvalue weighted by Crippen LogP contribution is -2.37. The van der Waals surface area contributed by atoms with E-state index in [2.05, 4.69) is 10.3 Å². The number of halogens is 1. The third-order valence-corrected chi connectivity index (χ3v) is 6.18. The van der Waals surface area contributed by atoms with Gasteiger partial charge in [-0.25, -0.2) is 13.4 Å². The lowest BCUT2D eigenvalue weighted by atomic mass is 10.2. The molecule has 2 heterocycles. The lowest BCUT2D eigenvalue weighted by Gasteiger charge is -2.28. The molecule has 9 heteroatoms. The molecule has 0 atom stereocenters. The molecule has 2 aromatic rings. The molecule has 1 aliphatic heterocycles. The van der Waals surface area contributed by atoms with Gasteiger partial charge >= 0.3 is 0 Å². The number of amides is 1. The zero-order valence-electron chi connectivity index (χ0n) is 14.1. The Hall–Kier alpha value is -2.32. The van der Waals surface area contributed by atoms with Crippen molar-refractivity contribution in [3.8, 4) is 5.88 Å². The molecular weight excluding hydrogens is 378 g/mol. The number of nitrogens with zero attached hydrogens (tertiary/aromatic N) is 2. The first-order valence-corrected chi connectivity index (χ1v) is 10.0. The van der Waals surface area contributed by atoms with Crippen LogP contribution >= 0.6 is 11.6 Å². The predicted molar refractivity (Wildman–Crippen MR) is 101 cm³/mol. The first-order valence-electron chi connectivity index (χ1n) is 8.03. The fourth-order valence-electron chi connectivity index (χ4n) is 2.72. The summed E-state index contributed by atoms with van der Waals surface area (Å²) in [6.07, 6.45) is 1.47. The number of hydrogen-bond donors (Lipinski definition) is 1. The SMILES string of the molecule is COc1ccc(C(=O)Nc2cccc(N3CCCCS3(=O)=O)c2)c(Cl)n1. The molecule has 3 rings (SSSR count). The summed E-state index contributed by atoms with van der Waals surface area (Å²) in [6.45, 7) is 0.438. The first kappa shape index (κ1) is 18.5. The summed E-state index contributed by atoms with van der Waals surface area (Å²) in [5.74, 6) is 0.00383. The molecule has 1 aromatic carbocycles. The number of sulfonamides is 1. The Morgan fingerprint density at radius 2 is 2.08 bits per heavy atom. The third-order valence-electron chi connectivity index (χ3n) is 4.02. The number of carbonyl (C=O) groups is 1. The van der Waals surface area contributed by atoms with Gasteiger partial charge in [-0.2, -0.15) is 0 Å². The van der Waals surface area contributed by atoms with E-state index >= 15 is 0 Å². The minimum Gasteiger partial charge on any atom is -0.481 e. The first-order chi connectivity index (χ1) is 12.4. The van der Waals surface area contributed by atoms with Gasteiger partial charge in [-0.1, -0.05) is 17.7 Å². The summed E-state index contributed by atoms with van der Waals surface area (Å²) in [6, 6.07) is 9.78. The maximum Gasteiger partial charge on any atom is 0.258 e. The van der Waals surface area contributed by atoms with Crippen LogP contribution in [0, 0.1) is 0 Å². The number of aromatic nitrogens is 1. The number of anilines is 2. The molecule has 138 valence electrons. The van der Waals surface area contributed by atoms with E-state index in [0.29, 0.717) is 30.2 Å². The Morgan fingerprint density at radius 1 is 1.27 bits per heavy atom. The second-order valence-corrected chi connectivity index (χ2v) is 8.16. The number of ether oxygens (including phenoxy) is 1. The van der Waals surface area contributed by atoms with Crippen molar-refractivity contribution < 1.29 is 17.9 Å². The van der Waals surface area contributed by atoms with Gasteiger partial charge in [-0.3, -0.25) is 9.10 Å². The van der Waals surface area contributed by atoms with E-state index in [0.717, 1.165) is 6.42 Å². The van der Waals surface area contributed by atoms with Gasteiger partial charge in [-0.05, 0) is 37.1 Å². The molecular formula is C17H18ClN3O4S. The van der Waals surface area contributed by atoms with Crippen LogP contribution in [0.2, 0.25) is 5.15 Å². The summed E-state index contributed by atoms with van der Waals surface area (Å²) < 4.78 is 30.8. The number of hydrogen-bond acceptors (Lipinski definition) is 5.